The van der Waals surface area contributed by atoms with Crippen LogP contribution in [0.2, 0.25) is 0 Å². The van der Waals surface area contributed by atoms with Gasteiger partial charge in [-0.25, -0.2) is 0 Å². The van der Waals surface area contributed by atoms with Crippen LogP contribution in [-0.4, -0.2) is 67.5 Å². The van der Waals surface area contributed by atoms with Gasteiger partial charge in [-0.3, -0.25) is 9.89 Å². The van der Waals surface area contributed by atoms with Gasteiger partial charge < -0.3 is 10.2 Å². The topological polar surface area (TPSA) is 30.9 Å². The molecule has 1 fully saturated rings. The minimum absolute atomic E-state index is 1.02. The zero-order valence-electron chi connectivity index (χ0n) is 13.0. The van der Waals surface area contributed by atoms with E-state index in [2.05, 4.69) is 43.9 Å². The van der Waals surface area contributed by atoms with Crippen molar-refractivity contribution < 1.29 is 0 Å². The highest BCUT2D eigenvalue weighted by molar-refractivity contribution is 7.98. The first kappa shape index (κ1) is 16.6. The summed E-state index contributed by atoms with van der Waals surface area (Å²) in [5.74, 6) is 2.27. The summed E-state index contributed by atoms with van der Waals surface area (Å²) in [4.78, 5) is 10.8. The maximum atomic E-state index is 4.42. The second-order valence-electron chi connectivity index (χ2n) is 5.16. The molecule has 1 saturated heterocycles. The van der Waals surface area contributed by atoms with Crippen molar-refractivity contribution in [2.75, 3.05) is 51.8 Å². The number of nitrogens with one attached hydrogen (secondary N) is 1. The Bertz CT molecular complexity index is 411. The number of hydrogen-bond acceptors (Lipinski definition) is 4. The van der Waals surface area contributed by atoms with Gasteiger partial charge in [-0.15, -0.1) is 11.3 Å². The van der Waals surface area contributed by atoms with Crippen LogP contribution in [-0.2, 0) is 6.54 Å². The van der Waals surface area contributed by atoms with E-state index in [0.717, 1.165) is 45.2 Å². The third-order valence-electron chi connectivity index (χ3n) is 3.65. The molecule has 2 rings (SSSR count). The second kappa shape index (κ2) is 9.33. The number of rotatable bonds is 6. The Labute approximate surface area is 136 Å². The standard InChI is InChI=1S/C15H26N4S2/c1-16-15(17-6-4-11-20-2)19-9-7-18(8-10-19)13-14-5-3-12-21-14/h3,5,12H,4,6-11,13H2,1-2H3,(H,16,17). The normalized spacial score (nSPS) is 17.2. The minimum atomic E-state index is 1.02. The number of hydrogen-bond donors (Lipinski definition) is 1. The number of guanidine groups is 1. The fourth-order valence-electron chi connectivity index (χ4n) is 2.49. The van der Waals surface area contributed by atoms with E-state index in [0.29, 0.717) is 0 Å². The lowest BCUT2D eigenvalue weighted by Gasteiger charge is -2.36. The first-order valence-electron chi connectivity index (χ1n) is 7.52. The van der Waals surface area contributed by atoms with Crippen LogP contribution >= 0.6 is 23.1 Å². The largest absolute Gasteiger partial charge is 0.356 e. The zero-order valence-corrected chi connectivity index (χ0v) is 14.7. The van der Waals surface area contributed by atoms with Crippen molar-refractivity contribution in [3.8, 4) is 0 Å². The quantitative estimate of drug-likeness (QED) is 0.493. The first-order valence-corrected chi connectivity index (χ1v) is 9.80. The van der Waals surface area contributed by atoms with Gasteiger partial charge in [0.15, 0.2) is 5.96 Å². The Balaban J connectivity index is 1.71. The summed E-state index contributed by atoms with van der Waals surface area (Å²) in [7, 11) is 1.88. The fourth-order valence-corrected chi connectivity index (χ4v) is 3.67. The summed E-state index contributed by atoms with van der Waals surface area (Å²) >= 11 is 3.75. The van der Waals surface area contributed by atoms with E-state index in [1.165, 1.54) is 17.1 Å². The predicted molar refractivity (Wildman–Crippen MR) is 95.5 cm³/mol. The molecule has 0 aliphatic carbocycles. The van der Waals surface area contributed by atoms with Gasteiger partial charge in [-0.1, -0.05) is 6.07 Å². The molecule has 1 aliphatic rings. The van der Waals surface area contributed by atoms with Crippen molar-refractivity contribution in [2.24, 2.45) is 4.99 Å². The van der Waals surface area contributed by atoms with Gasteiger partial charge in [0.1, 0.15) is 0 Å². The lowest BCUT2D eigenvalue weighted by Crippen LogP contribution is -2.52. The Kier molecular flexibility index (Phi) is 7.39. The second-order valence-corrected chi connectivity index (χ2v) is 7.18. The third kappa shape index (κ3) is 5.52. The molecular formula is C15H26N4S2. The van der Waals surface area contributed by atoms with Crippen LogP contribution in [0.15, 0.2) is 22.5 Å². The van der Waals surface area contributed by atoms with Crippen LogP contribution in [0.3, 0.4) is 0 Å². The summed E-state index contributed by atoms with van der Waals surface area (Å²) in [6.45, 7) is 6.46. The molecule has 1 aromatic rings. The van der Waals surface area contributed by atoms with E-state index < -0.39 is 0 Å². The molecule has 21 heavy (non-hydrogen) atoms. The number of thiophene rings is 1. The number of aliphatic imine (C=N–C) groups is 1. The first-order chi connectivity index (χ1) is 10.3. The maximum Gasteiger partial charge on any atom is 0.193 e. The van der Waals surface area contributed by atoms with Crippen LogP contribution in [0, 0.1) is 0 Å². The van der Waals surface area contributed by atoms with Gasteiger partial charge in [0, 0.05) is 51.2 Å². The van der Waals surface area contributed by atoms with Gasteiger partial charge >= 0.3 is 0 Å². The molecule has 0 amide bonds. The SMILES string of the molecule is CN=C(NCCCSC)N1CCN(Cc2cccs2)CC1. The summed E-state index contributed by atoms with van der Waals surface area (Å²) in [5, 5.41) is 5.64. The van der Waals surface area contributed by atoms with E-state index in [-0.39, 0.29) is 0 Å². The molecule has 0 bridgehead atoms. The molecule has 0 spiro atoms. The van der Waals surface area contributed by atoms with Crippen LogP contribution in [0.4, 0.5) is 0 Å². The highest BCUT2D eigenvalue weighted by Gasteiger charge is 2.19. The molecule has 4 nitrogen and oxygen atoms in total. The zero-order chi connectivity index (χ0) is 14.9. The highest BCUT2D eigenvalue weighted by Crippen LogP contribution is 2.13. The van der Waals surface area contributed by atoms with E-state index in [9.17, 15) is 0 Å². The van der Waals surface area contributed by atoms with Gasteiger partial charge in [0.2, 0.25) is 0 Å². The predicted octanol–water partition coefficient (Wildman–Crippen LogP) is 2.19. The molecule has 1 aliphatic heterocycles. The summed E-state index contributed by atoms with van der Waals surface area (Å²) in [5.41, 5.74) is 0. The summed E-state index contributed by atoms with van der Waals surface area (Å²) in [6, 6.07) is 4.36. The Morgan fingerprint density at radius 3 is 2.81 bits per heavy atom. The lowest BCUT2D eigenvalue weighted by atomic mass is 10.3. The molecule has 6 heteroatoms. The van der Waals surface area contributed by atoms with Gasteiger partial charge in [-0.05, 0) is 29.9 Å². The van der Waals surface area contributed by atoms with Gasteiger partial charge in [0.25, 0.3) is 0 Å². The van der Waals surface area contributed by atoms with Crippen molar-refractivity contribution >= 4 is 29.1 Å². The van der Waals surface area contributed by atoms with Crippen LogP contribution in [0.25, 0.3) is 0 Å². The molecular weight excluding hydrogens is 300 g/mol. The summed E-state index contributed by atoms with van der Waals surface area (Å²) < 4.78 is 0. The van der Waals surface area contributed by atoms with Gasteiger partial charge in [-0.2, -0.15) is 11.8 Å². The average molecular weight is 327 g/mol. The maximum absolute atomic E-state index is 4.42. The molecule has 1 N–H and O–H groups in total. The Morgan fingerprint density at radius 1 is 1.38 bits per heavy atom. The number of piperazine rings is 1. The smallest absolute Gasteiger partial charge is 0.193 e. The van der Waals surface area contributed by atoms with E-state index >= 15 is 0 Å². The molecule has 0 aromatic carbocycles. The van der Waals surface area contributed by atoms with Crippen molar-refractivity contribution in [1.82, 2.24) is 15.1 Å². The fraction of sp³-hybridized carbons (Fsp3) is 0.667. The summed E-state index contributed by atoms with van der Waals surface area (Å²) in [6.07, 6.45) is 3.35. The highest BCUT2D eigenvalue weighted by atomic mass is 32.2. The Hall–Kier alpha value is -0.720. The van der Waals surface area contributed by atoms with E-state index in [1.807, 2.05) is 30.1 Å². The lowest BCUT2D eigenvalue weighted by molar-refractivity contribution is 0.174. The number of nitrogens with zero attached hydrogens (tertiary/aromatic N) is 3. The third-order valence-corrected chi connectivity index (χ3v) is 5.21. The van der Waals surface area contributed by atoms with Crippen molar-refractivity contribution in [2.45, 2.75) is 13.0 Å². The minimum Gasteiger partial charge on any atom is -0.356 e. The number of thioether (sulfide) groups is 1. The molecule has 118 valence electrons. The molecule has 1 aromatic heterocycles. The Morgan fingerprint density at radius 2 is 2.19 bits per heavy atom. The van der Waals surface area contributed by atoms with E-state index in [4.69, 9.17) is 0 Å². The molecule has 0 unspecified atom stereocenters. The van der Waals surface area contributed by atoms with Crippen LogP contribution < -0.4 is 5.32 Å². The van der Waals surface area contributed by atoms with Crippen LogP contribution in [0.5, 0.6) is 0 Å². The van der Waals surface area contributed by atoms with Crippen molar-refractivity contribution in [3.05, 3.63) is 22.4 Å². The van der Waals surface area contributed by atoms with Crippen molar-refractivity contribution in [3.63, 3.8) is 0 Å². The molecule has 0 radical (unpaired) electrons. The average Bonchev–Trinajstić information content (AvgIpc) is 3.02. The van der Waals surface area contributed by atoms with Crippen molar-refractivity contribution in [1.29, 1.82) is 0 Å². The van der Waals surface area contributed by atoms with Crippen LogP contribution in [0.1, 0.15) is 11.3 Å². The van der Waals surface area contributed by atoms with E-state index in [1.54, 1.807) is 0 Å². The van der Waals surface area contributed by atoms with Gasteiger partial charge in [0.05, 0.1) is 0 Å². The molecule has 0 saturated carbocycles. The molecule has 0 atom stereocenters. The monoisotopic (exact) mass is 326 g/mol. The molecule has 2 heterocycles.